The summed E-state index contributed by atoms with van der Waals surface area (Å²) in [6.45, 7) is 5.84. The molecule has 2 N–H and O–H groups in total. The lowest BCUT2D eigenvalue weighted by Crippen LogP contribution is -1.97. The van der Waals surface area contributed by atoms with Crippen LogP contribution < -0.4 is 9.47 Å². The molecule has 494 valence electrons. The number of hydrogen-bond donors (Lipinski definition) is 2. The molecule has 0 spiro atoms. The van der Waals surface area contributed by atoms with E-state index in [1.165, 1.54) is 128 Å². The number of H-pyrrole nitrogens is 2. The molecule has 9 aromatic heterocycles. The molecule has 8 bridgehead atoms. The molecule has 11 heterocycles. The van der Waals surface area contributed by atoms with Gasteiger partial charge in [0.25, 0.3) is 0 Å². The van der Waals surface area contributed by atoms with Gasteiger partial charge in [-0.1, -0.05) is 177 Å². The van der Waals surface area contributed by atoms with Gasteiger partial charge in [-0.15, -0.1) is 0 Å². The van der Waals surface area contributed by atoms with Crippen molar-refractivity contribution in [1.29, 1.82) is 0 Å². The van der Waals surface area contributed by atoms with Crippen LogP contribution in [0.15, 0.2) is 165 Å². The Morgan fingerprint density at radius 3 is 0.980 bits per heavy atom. The van der Waals surface area contributed by atoms with Crippen LogP contribution >= 0.6 is 0 Å². The molecule has 0 saturated heterocycles. The highest BCUT2D eigenvalue weighted by molar-refractivity contribution is 5.95. The molecule has 0 saturated carbocycles. The van der Waals surface area contributed by atoms with Gasteiger partial charge in [-0.05, 0) is 121 Å². The van der Waals surface area contributed by atoms with E-state index >= 15 is 0 Å². The van der Waals surface area contributed by atoms with Crippen LogP contribution in [0, 0.1) is 23.7 Å². The largest absolute Gasteiger partial charge is 0.494 e. The smallest absolute Gasteiger partial charge is 0.245 e. The van der Waals surface area contributed by atoms with E-state index in [9.17, 15) is 0 Å². The summed E-state index contributed by atoms with van der Waals surface area (Å²) >= 11 is 0. The van der Waals surface area contributed by atoms with Crippen LogP contribution in [-0.4, -0.2) is 63.1 Å². The summed E-state index contributed by atoms with van der Waals surface area (Å²) < 4.78 is 35.7. The SMILES string of the molecule is CCCCCCCCCCCCOc1ccc(-c2c3nc(c(C#Cc4cc(-c5ncco5)nc(-c5ncco5)c4)c4ccc([nH]4)c(-c4ccc(OCCCCCCCCCCCC)cc4)c4nc(c(C#Cc5cc(-c6ncco6)nc(-c6ncco6)c5)c5ccc2[nH]5)C=C4)C=C3)cc1. The molecule has 0 radical (unpaired) electrons. The average molecular weight is 1300 g/mol. The van der Waals surface area contributed by atoms with Crippen LogP contribution in [0.2, 0.25) is 0 Å². The van der Waals surface area contributed by atoms with Crippen molar-refractivity contribution in [2.24, 2.45) is 0 Å². The Balaban J connectivity index is 0.930. The van der Waals surface area contributed by atoms with E-state index < -0.39 is 0 Å². The fourth-order valence-corrected chi connectivity index (χ4v) is 12.4. The number of pyridine rings is 2. The zero-order chi connectivity index (χ0) is 66.5. The van der Waals surface area contributed by atoms with E-state index in [0.717, 1.165) is 81.5 Å². The summed E-state index contributed by atoms with van der Waals surface area (Å²) in [7, 11) is 0. The second kappa shape index (κ2) is 33.0. The molecule has 0 unspecified atom stereocenters. The van der Waals surface area contributed by atoms with Crippen molar-refractivity contribution < 1.29 is 27.1 Å². The van der Waals surface area contributed by atoms with Crippen LogP contribution in [0.25, 0.3) is 115 Å². The second-order valence-electron chi connectivity index (χ2n) is 24.7. The first-order chi connectivity index (χ1) is 48.5. The lowest BCUT2D eigenvalue weighted by Gasteiger charge is -2.09. The molecular weight excluding hydrogens is 1220 g/mol. The number of oxazole rings is 4. The Morgan fingerprint density at radius 1 is 0.337 bits per heavy atom. The first-order valence-corrected chi connectivity index (χ1v) is 34.8. The number of aromatic nitrogens is 10. The summed E-state index contributed by atoms with van der Waals surface area (Å²) in [5, 5.41) is 0. The van der Waals surface area contributed by atoms with Crippen molar-refractivity contribution in [3.8, 4) is 104 Å². The fraction of sp³-hybridized carbons (Fsp3) is 0.293. The number of unbranched alkanes of at least 4 members (excludes halogenated alkanes) is 18. The fourth-order valence-electron chi connectivity index (χ4n) is 12.4. The molecule has 0 fully saturated rings. The van der Waals surface area contributed by atoms with E-state index in [1.807, 2.05) is 72.8 Å². The molecule has 2 aliphatic heterocycles. The number of hydrogen-bond acceptors (Lipinski definition) is 14. The van der Waals surface area contributed by atoms with Crippen molar-refractivity contribution in [1.82, 2.24) is 49.8 Å². The number of aromatic amines is 2. The van der Waals surface area contributed by atoms with Crippen molar-refractivity contribution in [3.05, 3.63) is 192 Å². The zero-order valence-corrected chi connectivity index (χ0v) is 55.7. The molecule has 11 aromatic rings. The summed E-state index contributed by atoms with van der Waals surface area (Å²) in [6, 6.07) is 32.2. The molecular formula is C82H80N10O6. The number of nitrogens with zero attached hydrogens (tertiary/aromatic N) is 8. The van der Waals surface area contributed by atoms with Gasteiger partial charge in [0.15, 0.2) is 0 Å². The summed E-state index contributed by atoms with van der Waals surface area (Å²) in [5.41, 5.74) is 13.8. The molecule has 2 aliphatic rings. The standard InChI is InChI=1S/C82H80N10O6/c1-3-5-7-9-11-13-15-17-19-21-47-93-61-29-25-59(26-30-61)77-69-39-35-65(87-69)63(33-23-57-53-73(79-83-43-49-95-79)91-74(54-57)80-84-44-50-96-80)67-37-41-71(89-67)78(60-27-31-62(32-28-60)94-48-22-20-18-16-14-12-10-8-6-4-2)72-42-38-68(90-72)64(66-36-40-70(77)88-66)34-24-58-55-75(81-85-45-51-97-81)92-76(56-58)82-86-46-52-98-82/h25-32,35-46,49-56,87,90H,3-22,47-48H2,1-2H3. The Bertz CT molecular complexity index is 4380. The van der Waals surface area contributed by atoms with Crippen LogP contribution in [-0.2, 0) is 0 Å². The molecule has 16 heteroatoms. The van der Waals surface area contributed by atoms with Crippen LogP contribution in [0.4, 0.5) is 0 Å². The first kappa shape index (κ1) is 65.6. The van der Waals surface area contributed by atoms with Gasteiger partial charge in [-0.3, -0.25) is 0 Å². The Hall–Kier alpha value is -11.1. The third-order valence-corrected chi connectivity index (χ3v) is 17.5. The highest BCUT2D eigenvalue weighted by Crippen LogP contribution is 2.37. The highest BCUT2D eigenvalue weighted by Gasteiger charge is 2.20. The summed E-state index contributed by atoms with van der Waals surface area (Å²) in [6.07, 6.45) is 45.7. The normalized spacial score (nSPS) is 11.6. The van der Waals surface area contributed by atoms with Gasteiger partial charge in [0.2, 0.25) is 23.6 Å². The van der Waals surface area contributed by atoms with Crippen molar-refractivity contribution in [3.63, 3.8) is 0 Å². The molecule has 0 atom stereocenters. The lowest BCUT2D eigenvalue weighted by molar-refractivity contribution is 0.304. The minimum atomic E-state index is 0.334. The van der Waals surface area contributed by atoms with E-state index in [-0.39, 0.29) is 0 Å². The molecule has 0 amide bonds. The van der Waals surface area contributed by atoms with Crippen LogP contribution in [0.5, 0.6) is 11.5 Å². The Morgan fingerprint density at radius 2 is 0.653 bits per heavy atom. The third-order valence-electron chi connectivity index (χ3n) is 17.5. The van der Waals surface area contributed by atoms with Gasteiger partial charge >= 0.3 is 0 Å². The number of benzene rings is 2. The van der Waals surface area contributed by atoms with Crippen molar-refractivity contribution >= 4 is 46.4 Å². The number of fused-ring (bicyclic) bond motifs is 8. The van der Waals surface area contributed by atoms with E-state index in [0.29, 0.717) is 105 Å². The highest BCUT2D eigenvalue weighted by atomic mass is 16.5. The zero-order valence-electron chi connectivity index (χ0n) is 55.7. The van der Waals surface area contributed by atoms with Gasteiger partial charge in [0, 0.05) is 33.3 Å². The molecule has 98 heavy (non-hydrogen) atoms. The van der Waals surface area contributed by atoms with Gasteiger partial charge in [0.1, 0.15) is 59.3 Å². The topological polar surface area (TPSA) is 206 Å². The number of nitrogens with one attached hydrogen (secondary N) is 2. The monoisotopic (exact) mass is 1300 g/mol. The quantitative estimate of drug-likeness (QED) is 0.0317. The minimum absolute atomic E-state index is 0.334. The Kier molecular flexibility index (Phi) is 22.1. The van der Waals surface area contributed by atoms with Crippen LogP contribution in [0.1, 0.15) is 187 Å². The summed E-state index contributed by atoms with van der Waals surface area (Å²) in [4.78, 5) is 45.9. The van der Waals surface area contributed by atoms with Crippen molar-refractivity contribution in [2.75, 3.05) is 13.2 Å². The van der Waals surface area contributed by atoms with E-state index in [2.05, 4.69) is 116 Å². The maximum atomic E-state index is 6.38. The lowest BCUT2D eigenvalue weighted by atomic mass is 10.0. The maximum absolute atomic E-state index is 6.38. The molecule has 16 nitrogen and oxygen atoms in total. The maximum Gasteiger partial charge on any atom is 0.245 e. The predicted octanol–water partition coefficient (Wildman–Crippen LogP) is 20.8. The first-order valence-electron chi connectivity index (χ1n) is 34.8. The van der Waals surface area contributed by atoms with Crippen LogP contribution in [0.3, 0.4) is 0 Å². The average Bonchev–Trinajstić information content (AvgIpc) is 1.59. The van der Waals surface area contributed by atoms with E-state index in [4.69, 9.17) is 47.1 Å². The van der Waals surface area contributed by atoms with Gasteiger partial charge in [-0.2, -0.15) is 0 Å². The van der Waals surface area contributed by atoms with E-state index in [1.54, 1.807) is 24.8 Å². The predicted molar refractivity (Wildman–Crippen MR) is 387 cm³/mol. The van der Waals surface area contributed by atoms with Crippen molar-refractivity contribution in [2.45, 2.75) is 142 Å². The Labute approximate surface area is 571 Å². The minimum Gasteiger partial charge on any atom is -0.494 e. The molecule has 2 aromatic carbocycles. The molecule has 0 aliphatic carbocycles. The molecule has 13 rings (SSSR count). The number of rotatable bonds is 30. The summed E-state index contributed by atoms with van der Waals surface area (Å²) in [5.74, 6) is 17.1. The van der Waals surface area contributed by atoms with Gasteiger partial charge < -0.3 is 37.1 Å². The van der Waals surface area contributed by atoms with Gasteiger partial charge in [0.05, 0.1) is 82.9 Å². The number of ether oxygens (including phenoxy) is 2. The second-order valence-corrected chi connectivity index (χ2v) is 24.7. The van der Waals surface area contributed by atoms with Gasteiger partial charge in [-0.25, -0.2) is 39.9 Å². The third kappa shape index (κ3) is 16.7.